The van der Waals surface area contributed by atoms with Crippen molar-refractivity contribution in [3.63, 3.8) is 0 Å². The van der Waals surface area contributed by atoms with Crippen LogP contribution in [0.15, 0.2) is 30.3 Å². The maximum Gasteiger partial charge on any atom is 0.234 e. The van der Waals surface area contributed by atoms with Crippen LogP contribution in [0.2, 0.25) is 0 Å². The van der Waals surface area contributed by atoms with Crippen LogP contribution in [-0.2, 0) is 9.59 Å². The maximum absolute atomic E-state index is 12.6. The van der Waals surface area contributed by atoms with Gasteiger partial charge in [-0.1, -0.05) is 31.0 Å². The molecule has 24 heavy (non-hydrogen) atoms. The van der Waals surface area contributed by atoms with Crippen LogP contribution < -0.4 is 4.90 Å². The Kier molecular flexibility index (Phi) is 4.27. The minimum atomic E-state index is -0.0307. The molecule has 0 N–H and O–H groups in total. The van der Waals surface area contributed by atoms with E-state index in [0.717, 1.165) is 51.9 Å². The Balaban J connectivity index is 1.35. The van der Waals surface area contributed by atoms with Crippen molar-refractivity contribution < 1.29 is 9.59 Å². The third-order valence-electron chi connectivity index (χ3n) is 5.77. The summed E-state index contributed by atoms with van der Waals surface area (Å²) in [5, 5.41) is 0. The molecule has 1 aliphatic carbocycles. The van der Waals surface area contributed by atoms with Gasteiger partial charge in [0.2, 0.25) is 11.8 Å². The van der Waals surface area contributed by atoms with Crippen LogP contribution in [0, 0.1) is 11.8 Å². The van der Waals surface area contributed by atoms with Gasteiger partial charge < -0.3 is 4.90 Å². The van der Waals surface area contributed by atoms with Crippen LogP contribution >= 0.6 is 0 Å². The van der Waals surface area contributed by atoms with E-state index in [4.69, 9.17) is 0 Å². The highest BCUT2D eigenvalue weighted by atomic mass is 16.2. The molecule has 128 valence electrons. The maximum atomic E-state index is 12.6. The molecule has 1 aromatic rings. The lowest BCUT2D eigenvalue weighted by atomic mass is 9.81. The highest BCUT2D eigenvalue weighted by Crippen LogP contribution is 2.38. The van der Waals surface area contributed by atoms with E-state index in [2.05, 4.69) is 34.1 Å². The number of rotatable bonds is 3. The lowest BCUT2D eigenvalue weighted by molar-refractivity contribution is -0.142. The molecule has 0 aromatic heterocycles. The third-order valence-corrected chi connectivity index (χ3v) is 5.77. The van der Waals surface area contributed by atoms with E-state index in [0.29, 0.717) is 6.67 Å². The van der Waals surface area contributed by atoms with E-state index >= 15 is 0 Å². The molecule has 3 aliphatic rings. The Bertz CT molecular complexity index is 586. The molecule has 1 aromatic carbocycles. The average molecular weight is 327 g/mol. The predicted molar refractivity (Wildman–Crippen MR) is 92.4 cm³/mol. The van der Waals surface area contributed by atoms with Crippen molar-refractivity contribution in [3.8, 4) is 0 Å². The zero-order valence-electron chi connectivity index (χ0n) is 14.1. The van der Waals surface area contributed by atoms with Crippen LogP contribution in [0.5, 0.6) is 0 Å². The zero-order chi connectivity index (χ0) is 16.5. The Labute approximate surface area is 143 Å². The summed E-state index contributed by atoms with van der Waals surface area (Å²) in [7, 11) is 0. The summed E-state index contributed by atoms with van der Waals surface area (Å²) in [4.78, 5) is 31.3. The fourth-order valence-corrected chi connectivity index (χ4v) is 4.36. The Morgan fingerprint density at radius 2 is 1.42 bits per heavy atom. The number of hydrogen-bond donors (Lipinski definition) is 0. The van der Waals surface area contributed by atoms with E-state index in [1.807, 2.05) is 6.07 Å². The molecule has 4 rings (SSSR count). The number of amides is 2. The standard InChI is InChI=1S/C19H25N3O2/c23-18-16-8-4-5-9-17(16)19(24)22(18)14-20-10-12-21(13-11-20)15-6-2-1-3-7-15/h1-3,6-7,16-17H,4-5,8-14H2/t16-,17+. The van der Waals surface area contributed by atoms with Gasteiger partial charge >= 0.3 is 0 Å². The number of nitrogens with zero attached hydrogens (tertiary/aromatic N) is 3. The molecule has 5 heteroatoms. The first kappa shape index (κ1) is 15.6. The number of para-hydroxylation sites is 1. The fourth-order valence-electron chi connectivity index (χ4n) is 4.36. The molecule has 0 radical (unpaired) electrons. The van der Waals surface area contributed by atoms with Crippen LogP contribution in [0.1, 0.15) is 25.7 Å². The number of carbonyl (C=O) groups excluding carboxylic acids is 2. The van der Waals surface area contributed by atoms with Gasteiger partial charge in [0.25, 0.3) is 0 Å². The van der Waals surface area contributed by atoms with E-state index < -0.39 is 0 Å². The van der Waals surface area contributed by atoms with E-state index in [9.17, 15) is 9.59 Å². The molecule has 2 saturated heterocycles. The summed E-state index contributed by atoms with van der Waals surface area (Å²) in [6.45, 7) is 4.13. The number of fused-ring (bicyclic) bond motifs is 1. The summed E-state index contributed by atoms with van der Waals surface area (Å²) >= 11 is 0. The van der Waals surface area contributed by atoms with Crippen molar-refractivity contribution in [1.82, 2.24) is 9.80 Å². The highest BCUT2D eigenvalue weighted by Gasteiger charge is 2.48. The van der Waals surface area contributed by atoms with Gasteiger partial charge in [0.15, 0.2) is 0 Å². The molecule has 0 bridgehead atoms. The SMILES string of the molecule is O=C1[C@H]2CCCC[C@H]2C(=O)N1CN1CCN(c2ccccc2)CC1. The Hall–Kier alpha value is -1.88. The molecular weight excluding hydrogens is 302 g/mol. The number of carbonyl (C=O) groups is 2. The summed E-state index contributed by atoms with van der Waals surface area (Å²) in [6.07, 6.45) is 3.97. The zero-order valence-corrected chi connectivity index (χ0v) is 14.1. The number of piperazine rings is 1. The van der Waals surface area contributed by atoms with Crippen molar-refractivity contribution in [1.29, 1.82) is 0 Å². The van der Waals surface area contributed by atoms with Gasteiger partial charge in [-0.25, -0.2) is 0 Å². The second-order valence-corrected chi connectivity index (χ2v) is 7.18. The quantitative estimate of drug-likeness (QED) is 0.796. The molecule has 2 amide bonds. The van der Waals surface area contributed by atoms with Gasteiger partial charge in [-0.3, -0.25) is 19.4 Å². The summed E-state index contributed by atoms with van der Waals surface area (Å²) in [6, 6.07) is 10.4. The lowest BCUT2D eigenvalue weighted by Gasteiger charge is -2.37. The van der Waals surface area contributed by atoms with Gasteiger partial charge in [-0.15, -0.1) is 0 Å². The molecule has 3 fully saturated rings. The molecule has 2 aliphatic heterocycles. The molecular formula is C19H25N3O2. The average Bonchev–Trinajstić information content (AvgIpc) is 2.88. The molecule has 1 saturated carbocycles. The monoisotopic (exact) mass is 327 g/mol. The minimum absolute atomic E-state index is 0.0307. The first-order chi connectivity index (χ1) is 11.7. The normalized spacial score (nSPS) is 28.3. The van der Waals surface area contributed by atoms with Gasteiger partial charge in [-0.05, 0) is 25.0 Å². The largest absolute Gasteiger partial charge is 0.369 e. The van der Waals surface area contributed by atoms with Crippen LogP contribution in [0.4, 0.5) is 5.69 Å². The van der Waals surface area contributed by atoms with Crippen LogP contribution in [0.3, 0.4) is 0 Å². The second-order valence-electron chi connectivity index (χ2n) is 7.18. The van der Waals surface area contributed by atoms with E-state index in [1.54, 1.807) is 4.90 Å². The summed E-state index contributed by atoms with van der Waals surface area (Å²) in [5.41, 5.74) is 1.25. The van der Waals surface area contributed by atoms with Gasteiger partial charge in [0, 0.05) is 31.9 Å². The number of anilines is 1. The van der Waals surface area contributed by atoms with Crippen LogP contribution in [0.25, 0.3) is 0 Å². The molecule has 0 unspecified atom stereocenters. The van der Waals surface area contributed by atoms with Crippen LogP contribution in [-0.4, -0.2) is 54.5 Å². The lowest BCUT2D eigenvalue weighted by Crippen LogP contribution is -2.51. The molecule has 2 heterocycles. The second kappa shape index (κ2) is 6.55. The summed E-state index contributed by atoms with van der Waals surface area (Å²) in [5.74, 6) is 0.0964. The summed E-state index contributed by atoms with van der Waals surface area (Å²) < 4.78 is 0. The van der Waals surface area contributed by atoms with E-state index in [-0.39, 0.29) is 23.7 Å². The van der Waals surface area contributed by atoms with Crippen molar-refractivity contribution in [2.45, 2.75) is 25.7 Å². The number of imide groups is 1. The number of likely N-dealkylation sites (tertiary alicyclic amines) is 1. The van der Waals surface area contributed by atoms with Gasteiger partial charge in [-0.2, -0.15) is 0 Å². The highest BCUT2D eigenvalue weighted by molar-refractivity contribution is 6.05. The third kappa shape index (κ3) is 2.81. The Morgan fingerprint density at radius 3 is 2.00 bits per heavy atom. The first-order valence-corrected chi connectivity index (χ1v) is 9.11. The number of hydrogen-bond acceptors (Lipinski definition) is 4. The van der Waals surface area contributed by atoms with Crippen molar-refractivity contribution >= 4 is 17.5 Å². The smallest absolute Gasteiger partial charge is 0.234 e. The van der Waals surface area contributed by atoms with Gasteiger partial charge in [0.05, 0.1) is 18.5 Å². The van der Waals surface area contributed by atoms with Crippen molar-refractivity contribution in [2.24, 2.45) is 11.8 Å². The van der Waals surface area contributed by atoms with Gasteiger partial charge in [0.1, 0.15) is 0 Å². The fraction of sp³-hybridized carbons (Fsp3) is 0.579. The molecule has 0 spiro atoms. The minimum Gasteiger partial charge on any atom is -0.369 e. The topological polar surface area (TPSA) is 43.9 Å². The predicted octanol–water partition coefficient (Wildman–Crippen LogP) is 1.94. The molecule has 5 nitrogen and oxygen atoms in total. The van der Waals surface area contributed by atoms with E-state index in [1.165, 1.54) is 5.69 Å². The Morgan fingerprint density at radius 1 is 0.833 bits per heavy atom. The molecule has 2 atom stereocenters. The van der Waals surface area contributed by atoms with Crippen molar-refractivity contribution in [2.75, 3.05) is 37.7 Å². The first-order valence-electron chi connectivity index (χ1n) is 9.11. The van der Waals surface area contributed by atoms with Crippen molar-refractivity contribution in [3.05, 3.63) is 30.3 Å². The number of benzene rings is 1.